The van der Waals surface area contributed by atoms with Crippen molar-refractivity contribution in [1.29, 1.82) is 0 Å². The molecule has 0 aromatic heterocycles. The molecule has 0 saturated carbocycles. The molecule has 106 valence electrons. The molecule has 1 heterocycles. The fourth-order valence-corrected chi connectivity index (χ4v) is 2.72. The Morgan fingerprint density at radius 3 is 1.72 bits per heavy atom. The number of ketones is 1. The highest BCUT2D eigenvalue weighted by atomic mass is 16.7. The van der Waals surface area contributed by atoms with E-state index in [1.165, 1.54) is 0 Å². The number of carbonyl (C=O) groups excluding carboxylic acids is 1. The molecule has 0 amide bonds. The van der Waals surface area contributed by atoms with Crippen molar-refractivity contribution in [2.45, 2.75) is 72.9 Å². The van der Waals surface area contributed by atoms with E-state index in [0.717, 1.165) is 0 Å². The molecule has 1 saturated heterocycles. The van der Waals surface area contributed by atoms with Gasteiger partial charge in [-0.05, 0) is 25.7 Å². The van der Waals surface area contributed by atoms with Crippen molar-refractivity contribution in [3.05, 3.63) is 0 Å². The highest BCUT2D eigenvalue weighted by molar-refractivity contribution is 5.82. The van der Waals surface area contributed by atoms with Crippen LogP contribution in [0.4, 0.5) is 0 Å². The minimum Gasteiger partial charge on any atom is -0.346 e. The van der Waals surface area contributed by atoms with E-state index in [-0.39, 0.29) is 23.9 Å². The quantitative estimate of drug-likeness (QED) is 0.773. The first-order valence-corrected chi connectivity index (χ1v) is 7.08. The van der Waals surface area contributed by atoms with Crippen LogP contribution in [0.3, 0.4) is 0 Å². The standard InChI is InChI=1S/C15H28O3/c1-8-11(16)12-13(9(2)3)17-15(6,7)18-14(12)10(4)5/h9-10,12-14H,8H2,1-7H3/t12?,13-,14+. The molecule has 0 aromatic carbocycles. The average Bonchev–Trinajstić information content (AvgIpc) is 2.25. The molecule has 0 bridgehead atoms. The molecule has 1 aliphatic heterocycles. The van der Waals surface area contributed by atoms with Crippen molar-refractivity contribution < 1.29 is 14.3 Å². The molecule has 0 aromatic rings. The van der Waals surface area contributed by atoms with Crippen LogP contribution in [0.2, 0.25) is 0 Å². The van der Waals surface area contributed by atoms with E-state index in [4.69, 9.17) is 9.47 Å². The monoisotopic (exact) mass is 256 g/mol. The van der Waals surface area contributed by atoms with Crippen LogP contribution in [0.5, 0.6) is 0 Å². The lowest BCUT2D eigenvalue weighted by atomic mass is 9.79. The molecular formula is C15H28O3. The summed E-state index contributed by atoms with van der Waals surface area (Å²) >= 11 is 0. The smallest absolute Gasteiger partial charge is 0.163 e. The van der Waals surface area contributed by atoms with Crippen LogP contribution in [0.1, 0.15) is 54.9 Å². The van der Waals surface area contributed by atoms with Gasteiger partial charge in [0, 0.05) is 6.42 Å². The fraction of sp³-hybridized carbons (Fsp3) is 0.933. The second-order valence-corrected chi connectivity index (χ2v) is 6.40. The van der Waals surface area contributed by atoms with Crippen LogP contribution in [0.25, 0.3) is 0 Å². The lowest BCUT2D eigenvalue weighted by molar-refractivity contribution is -0.329. The Balaban J connectivity index is 3.07. The third-order valence-corrected chi connectivity index (χ3v) is 3.58. The van der Waals surface area contributed by atoms with Gasteiger partial charge in [-0.3, -0.25) is 4.79 Å². The maximum Gasteiger partial charge on any atom is 0.163 e. The topological polar surface area (TPSA) is 35.5 Å². The molecule has 0 radical (unpaired) electrons. The van der Waals surface area contributed by atoms with Crippen molar-refractivity contribution >= 4 is 5.78 Å². The summed E-state index contributed by atoms with van der Waals surface area (Å²) in [6, 6.07) is 0. The molecule has 0 spiro atoms. The zero-order valence-electron chi connectivity index (χ0n) is 12.8. The van der Waals surface area contributed by atoms with E-state index in [0.29, 0.717) is 18.3 Å². The van der Waals surface area contributed by atoms with Gasteiger partial charge in [0.25, 0.3) is 0 Å². The van der Waals surface area contributed by atoms with Crippen LogP contribution < -0.4 is 0 Å². The zero-order valence-corrected chi connectivity index (χ0v) is 12.8. The minimum absolute atomic E-state index is 0.0476. The molecule has 1 rings (SSSR count). The molecular weight excluding hydrogens is 228 g/mol. The Labute approximate surface area is 111 Å². The summed E-state index contributed by atoms with van der Waals surface area (Å²) in [5.41, 5.74) is 0. The van der Waals surface area contributed by atoms with Crippen LogP contribution in [0.15, 0.2) is 0 Å². The average molecular weight is 256 g/mol. The Morgan fingerprint density at radius 1 is 1.06 bits per heavy atom. The first-order valence-electron chi connectivity index (χ1n) is 7.08. The first kappa shape index (κ1) is 15.6. The van der Waals surface area contributed by atoms with E-state index in [9.17, 15) is 4.79 Å². The highest BCUT2D eigenvalue weighted by Gasteiger charge is 2.47. The second kappa shape index (κ2) is 5.70. The summed E-state index contributed by atoms with van der Waals surface area (Å²) in [5, 5.41) is 0. The fourth-order valence-electron chi connectivity index (χ4n) is 2.72. The van der Waals surface area contributed by atoms with Gasteiger partial charge in [-0.15, -0.1) is 0 Å². The molecule has 3 atom stereocenters. The molecule has 1 fully saturated rings. The van der Waals surface area contributed by atoms with Crippen LogP contribution in [-0.2, 0) is 14.3 Å². The number of ether oxygens (including phenoxy) is 2. The highest BCUT2D eigenvalue weighted by Crippen LogP contribution is 2.38. The van der Waals surface area contributed by atoms with Gasteiger partial charge in [-0.2, -0.15) is 0 Å². The predicted octanol–water partition coefficient (Wildman–Crippen LogP) is 3.41. The molecule has 3 nitrogen and oxygen atoms in total. The predicted molar refractivity (Wildman–Crippen MR) is 72.3 cm³/mol. The van der Waals surface area contributed by atoms with E-state index < -0.39 is 5.79 Å². The summed E-state index contributed by atoms with van der Waals surface area (Å²) in [6.07, 6.45) is 0.451. The summed E-state index contributed by atoms with van der Waals surface area (Å²) in [4.78, 5) is 12.2. The van der Waals surface area contributed by atoms with Gasteiger partial charge in [-0.25, -0.2) is 0 Å². The van der Waals surface area contributed by atoms with Gasteiger partial charge in [0.05, 0.1) is 18.1 Å². The summed E-state index contributed by atoms with van der Waals surface area (Å²) in [7, 11) is 0. The Bertz CT molecular complexity index is 274. The minimum atomic E-state index is -0.603. The number of carbonyl (C=O) groups is 1. The number of rotatable bonds is 4. The van der Waals surface area contributed by atoms with Crippen molar-refractivity contribution in [3.8, 4) is 0 Å². The maximum atomic E-state index is 12.2. The van der Waals surface area contributed by atoms with Gasteiger partial charge in [0.15, 0.2) is 5.79 Å². The van der Waals surface area contributed by atoms with Crippen molar-refractivity contribution in [1.82, 2.24) is 0 Å². The molecule has 1 unspecified atom stereocenters. The third kappa shape index (κ3) is 3.33. The molecule has 0 aliphatic carbocycles. The lowest BCUT2D eigenvalue weighted by Gasteiger charge is -2.48. The van der Waals surface area contributed by atoms with Crippen molar-refractivity contribution in [3.63, 3.8) is 0 Å². The molecule has 1 aliphatic rings. The van der Waals surface area contributed by atoms with Crippen LogP contribution in [0, 0.1) is 17.8 Å². The summed E-state index contributed by atoms with van der Waals surface area (Å²) in [5.74, 6) is 0.143. The van der Waals surface area contributed by atoms with Gasteiger partial charge >= 0.3 is 0 Å². The zero-order chi connectivity index (χ0) is 14.1. The third-order valence-electron chi connectivity index (χ3n) is 3.58. The maximum absolute atomic E-state index is 12.2. The van der Waals surface area contributed by atoms with Gasteiger partial charge < -0.3 is 9.47 Å². The van der Waals surface area contributed by atoms with E-state index >= 15 is 0 Å². The number of hydrogen-bond acceptors (Lipinski definition) is 3. The van der Waals surface area contributed by atoms with Crippen LogP contribution >= 0.6 is 0 Å². The van der Waals surface area contributed by atoms with E-state index in [1.807, 2.05) is 20.8 Å². The molecule has 0 N–H and O–H groups in total. The Hall–Kier alpha value is -0.410. The Morgan fingerprint density at radius 2 is 1.44 bits per heavy atom. The van der Waals surface area contributed by atoms with Crippen LogP contribution in [-0.4, -0.2) is 23.8 Å². The number of hydrogen-bond donors (Lipinski definition) is 0. The second-order valence-electron chi connectivity index (χ2n) is 6.40. The van der Waals surface area contributed by atoms with Crippen molar-refractivity contribution in [2.24, 2.45) is 17.8 Å². The van der Waals surface area contributed by atoms with Gasteiger partial charge in [-0.1, -0.05) is 34.6 Å². The Kier molecular flexibility index (Phi) is 4.96. The van der Waals surface area contributed by atoms with Gasteiger partial charge in [0.2, 0.25) is 0 Å². The largest absolute Gasteiger partial charge is 0.346 e. The summed E-state index contributed by atoms with van der Waals surface area (Å²) in [6.45, 7) is 14.2. The molecule has 3 heteroatoms. The van der Waals surface area contributed by atoms with Crippen molar-refractivity contribution in [2.75, 3.05) is 0 Å². The number of Topliss-reactive ketones (excluding diaryl/α,β-unsaturated/α-hetero) is 1. The first-order chi connectivity index (χ1) is 8.19. The van der Waals surface area contributed by atoms with E-state index in [2.05, 4.69) is 27.7 Å². The van der Waals surface area contributed by atoms with Gasteiger partial charge in [0.1, 0.15) is 5.78 Å². The SMILES string of the molecule is CCC(=O)C1[C@@H](C(C)C)OC(C)(C)O[C@H]1C(C)C. The summed E-state index contributed by atoms with van der Waals surface area (Å²) < 4.78 is 12.0. The molecule has 18 heavy (non-hydrogen) atoms. The normalized spacial score (nSPS) is 31.9. The van der Waals surface area contributed by atoms with E-state index in [1.54, 1.807) is 0 Å². The lowest BCUT2D eigenvalue weighted by Crippen LogP contribution is -2.56.